The van der Waals surface area contributed by atoms with Gasteiger partial charge in [-0.3, -0.25) is 14.6 Å². The van der Waals surface area contributed by atoms with E-state index < -0.39 is 21.8 Å². The number of aliphatic hydroxyl groups is 1. The van der Waals surface area contributed by atoms with Crippen molar-refractivity contribution in [2.24, 2.45) is 0 Å². The molecule has 0 unspecified atom stereocenters. The van der Waals surface area contributed by atoms with Crippen molar-refractivity contribution >= 4 is 21.8 Å². The third-order valence-electron chi connectivity index (χ3n) is 3.22. The van der Waals surface area contributed by atoms with Crippen LogP contribution < -0.4 is 10.0 Å². The Kier molecular flexibility index (Phi) is 5.84. The molecule has 132 valence electrons. The first-order valence-electron chi connectivity index (χ1n) is 7.38. The van der Waals surface area contributed by atoms with Crippen LogP contribution >= 0.6 is 0 Å². The molecule has 0 spiro atoms. The van der Waals surface area contributed by atoms with Gasteiger partial charge in [0.2, 0.25) is 0 Å². The number of pyridine rings is 1. The molecule has 25 heavy (non-hydrogen) atoms. The average Bonchev–Trinajstić information content (AvgIpc) is 2.61. The maximum Gasteiger partial charge on any atom is 0.266 e. The molecule has 0 aliphatic carbocycles. The van der Waals surface area contributed by atoms with Gasteiger partial charge >= 0.3 is 0 Å². The van der Waals surface area contributed by atoms with Gasteiger partial charge in [0.15, 0.2) is 0 Å². The predicted molar refractivity (Wildman–Crippen MR) is 89.3 cm³/mol. The second kappa shape index (κ2) is 7.86. The zero-order valence-electron chi connectivity index (χ0n) is 13.4. The zero-order valence-corrected chi connectivity index (χ0v) is 14.2. The molecule has 0 aliphatic heterocycles. The number of hydrogen-bond donors (Lipinski definition) is 3. The number of amides is 2. The van der Waals surface area contributed by atoms with Gasteiger partial charge in [-0.15, -0.1) is 0 Å². The van der Waals surface area contributed by atoms with Crippen LogP contribution in [0.1, 0.15) is 33.3 Å². The maximum absolute atomic E-state index is 12.3. The number of carbonyl (C=O) groups is 2. The monoisotopic (exact) mass is 363 g/mol. The minimum Gasteiger partial charge on any atom is -0.390 e. The summed E-state index contributed by atoms with van der Waals surface area (Å²) in [6, 6.07) is 8.13. The Morgan fingerprint density at radius 1 is 1.12 bits per heavy atom. The molecular formula is C16H17N3O5S. The SMILES string of the molecule is CCNC(=O)c1cccc(S(=O)(=O)NC(=O)c2ccc(CO)nc2)c1. The number of carbonyl (C=O) groups excluding carboxylic acids is 2. The van der Waals surface area contributed by atoms with Crippen molar-refractivity contribution in [2.75, 3.05) is 6.54 Å². The molecule has 1 aromatic heterocycles. The van der Waals surface area contributed by atoms with Crippen molar-refractivity contribution in [2.45, 2.75) is 18.4 Å². The highest BCUT2D eigenvalue weighted by Crippen LogP contribution is 2.12. The van der Waals surface area contributed by atoms with Crippen LogP contribution in [0.4, 0.5) is 0 Å². The number of nitrogens with zero attached hydrogens (tertiary/aromatic N) is 1. The van der Waals surface area contributed by atoms with Crippen molar-refractivity contribution < 1.29 is 23.1 Å². The van der Waals surface area contributed by atoms with Gasteiger partial charge in [0, 0.05) is 18.3 Å². The molecule has 2 aromatic rings. The van der Waals surface area contributed by atoms with E-state index in [4.69, 9.17) is 5.11 Å². The lowest BCUT2D eigenvalue weighted by Gasteiger charge is -2.09. The summed E-state index contributed by atoms with van der Waals surface area (Å²) < 4.78 is 26.6. The Hall–Kier alpha value is -2.78. The van der Waals surface area contributed by atoms with Gasteiger partial charge in [0.25, 0.3) is 21.8 Å². The molecule has 2 amide bonds. The van der Waals surface area contributed by atoms with Gasteiger partial charge in [-0.25, -0.2) is 13.1 Å². The molecule has 0 atom stereocenters. The summed E-state index contributed by atoms with van der Waals surface area (Å²) in [7, 11) is -4.15. The number of aliphatic hydroxyl groups excluding tert-OH is 1. The topological polar surface area (TPSA) is 125 Å². The van der Waals surface area contributed by atoms with Gasteiger partial charge in [-0.2, -0.15) is 0 Å². The number of rotatable bonds is 6. The summed E-state index contributed by atoms with van der Waals surface area (Å²) in [5.74, 6) is -1.27. The summed E-state index contributed by atoms with van der Waals surface area (Å²) in [4.78, 5) is 27.5. The van der Waals surface area contributed by atoms with Gasteiger partial charge in [0.1, 0.15) is 0 Å². The second-order valence-electron chi connectivity index (χ2n) is 5.02. The van der Waals surface area contributed by atoms with Crippen LogP contribution in [0, 0.1) is 0 Å². The highest BCUT2D eigenvalue weighted by molar-refractivity contribution is 7.90. The van der Waals surface area contributed by atoms with E-state index in [0.29, 0.717) is 12.2 Å². The normalized spacial score (nSPS) is 11.0. The Balaban J connectivity index is 2.22. The van der Waals surface area contributed by atoms with Crippen molar-refractivity contribution in [1.82, 2.24) is 15.0 Å². The summed E-state index contributed by atoms with van der Waals surface area (Å²) >= 11 is 0. The van der Waals surface area contributed by atoms with E-state index in [9.17, 15) is 18.0 Å². The fourth-order valence-electron chi connectivity index (χ4n) is 1.96. The predicted octanol–water partition coefficient (Wildman–Crippen LogP) is 0.442. The van der Waals surface area contributed by atoms with Crippen LogP contribution in [-0.2, 0) is 16.6 Å². The fourth-order valence-corrected chi connectivity index (χ4v) is 2.98. The second-order valence-corrected chi connectivity index (χ2v) is 6.70. The molecule has 1 aromatic carbocycles. The Bertz CT molecular complexity index is 879. The molecule has 8 nitrogen and oxygen atoms in total. The maximum atomic E-state index is 12.3. The van der Waals surface area contributed by atoms with E-state index in [1.54, 1.807) is 6.92 Å². The molecule has 0 fully saturated rings. The lowest BCUT2D eigenvalue weighted by atomic mass is 10.2. The first-order valence-corrected chi connectivity index (χ1v) is 8.87. The van der Waals surface area contributed by atoms with Crippen LogP contribution in [0.25, 0.3) is 0 Å². The number of nitrogens with one attached hydrogen (secondary N) is 2. The van der Waals surface area contributed by atoms with Gasteiger partial charge in [-0.05, 0) is 37.3 Å². The number of benzene rings is 1. The first kappa shape index (κ1) is 18.6. The third kappa shape index (κ3) is 4.61. The third-order valence-corrected chi connectivity index (χ3v) is 4.55. The van der Waals surface area contributed by atoms with Gasteiger partial charge in [0.05, 0.1) is 22.8 Å². The number of hydrogen-bond acceptors (Lipinski definition) is 6. The molecule has 2 rings (SSSR count). The van der Waals surface area contributed by atoms with E-state index in [1.807, 2.05) is 4.72 Å². The zero-order chi connectivity index (χ0) is 18.4. The Morgan fingerprint density at radius 3 is 2.48 bits per heavy atom. The first-order chi connectivity index (χ1) is 11.9. The van der Waals surface area contributed by atoms with Crippen molar-refractivity contribution in [1.29, 1.82) is 0 Å². The summed E-state index contributed by atoms with van der Waals surface area (Å²) in [5.41, 5.74) is 0.556. The molecule has 1 heterocycles. The summed E-state index contributed by atoms with van der Waals surface area (Å²) in [6.45, 7) is 1.87. The lowest BCUT2D eigenvalue weighted by Crippen LogP contribution is -2.31. The van der Waals surface area contributed by atoms with Crippen molar-refractivity contribution in [3.8, 4) is 0 Å². The van der Waals surface area contributed by atoms with Crippen molar-refractivity contribution in [3.05, 3.63) is 59.4 Å². The molecule has 0 aliphatic rings. The molecule has 3 N–H and O–H groups in total. The molecule has 0 saturated carbocycles. The fraction of sp³-hybridized carbons (Fsp3) is 0.188. The van der Waals surface area contributed by atoms with E-state index in [-0.39, 0.29) is 22.6 Å². The molecule has 0 bridgehead atoms. The van der Waals surface area contributed by atoms with Crippen LogP contribution in [-0.4, -0.2) is 36.9 Å². The lowest BCUT2D eigenvalue weighted by molar-refractivity contribution is 0.0953. The molecule has 9 heteroatoms. The van der Waals surface area contributed by atoms with Gasteiger partial charge in [-0.1, -0.05) is 6.07 Å². The number of sulfonamides is 1. The van der Waals surface area contributed by atoms with Crippen molar-refractivity contribution in [3.63, 3.8) is 0 Å². The average molecular weight is 363 g/mol. The molecular weight excluding hydrogens is 346 g/mol. The minimum absolute atomic E-state index is 0.0284. The van der Waals surface area contributed by atoms with E-state index in [1.165, 1.54) is 42.6 Å². The van der Waals surface area contributed by atoms with Crippen LogP contribution in [0.2, 0.25) is 0 Å². The van der Waals surface area contributed by atoms with E-state index >= 15 is 0 Å². The smallest absolute Gasteiger partial charge is 0.266 e. The summed E-state index contributed by atoms with van der Waals surface area (Å²) in [5, 5.41) is 11.5. The summed E-state index contributed by atoms with van der Waals surface area (Å²) in [6.07, 6.45) is 1.17. The van der Waals surface area contributed by atoms with E-state index in [0.717, 1.165) is 0 Å². The highest BCUT2D eigenvalue weighted by atomic mass is 32.2. The van der Waals surface area contributed by atoms with Crippen LogP contribution in [0.3, 0.4) is 0 Å². The number of aromatic nitrogens is 1. The van der Waals surface area contributed by atoms with E-state index in [2.05, 4.69) is 10.3 Å². The van der Waals surface area contributed by atoms with Crippen LogP contribution in [0.15, 0.2) is 47.5 Å². The molecule has 0 radical (unpaired) electrons. The standard InChI is InChI=1S/C16H17N3O5S/c1-2-17-15(21)11-4-3-5-14(8-11)25(23,24)19-16(22)12-6-7-13(10-20)18-9-12/h3-9,20H,2,10H2,1H3,(H,17,21)(H,19,22). The highest BCUT2D eigenvalue weighted by Gasteiger charge is 2.20. The van der Waals surface area contributed by atoms with Crippen LogP contribution in [0.5, 0.6) is 0 Å². The molecule has 0 saturated heterocycles. The Labute approximate surface area is 145 Å². The minimum atomic E-state index is -4.15. The van der Waals surface area contributed by atoms with Gasteiger partial charge < -0.3 is 10.4 Å². The quantitative estimate of drug-likeness (QED) is 0.684. The largest absolute Gasteiger partial charge is 0.390 e. The Morgan fingerprint density at radius 2 is 1.88 bits per heavy atom.